The summed E-state index contributed by atoms with van der Waals surface area (Å²) >= 11 is 12.5. The van der Waals surface area contributed by atoms with Gasteiger partial charge in [0.15, 0.2) is 5.78 Å². The first-order valence-electron chi connectivity index (χ1n) is 10.1. The second-order valence-electron chi connectivity index (χ2n) is 7.67. The summed E-state index contributed by atoms with van der Waals surface area (Å²) in [5.41, 5.74) is 4.81. The molecule has 0 amide bonds. The van der Waals surface area contributed by atoms with Gasteiger partial charge in [-0.25, -0.2) is 4.99 Å². The maximum absolute atomic E-state index is 11.6. The van der Waals surface area contributed by atoms with E-state index in [-0.39, 0.29) is 22.3 Å². The SMILES string of the molecule is Cc1ccc(Nc2cc(O)c(Cc3ccc(O)cc3Cl)cc2N=C2C=CC(=O)C=C2Cl)cc1. The zero-order chi connectivity index (χ0) is 23.5. The minimum atomic E-state index is -0.203. The van der Waals surface area contributed by atoms with Crippen molar-refractivity contribution in [2.75, 3.05) is 5.32 Å². The van der Waals surface area contributed by atoms with Gasteiger partial charge in [0, 0.05) is 34.8 Å². The second-order valence-corrected chi connectivity index (χ2v) is 8.48. The molecule has 5 nitrogen and oxygen atoms in total. The fourth-order valence-corrected chi connectivity index (χ4v) is 3.79. The number of hydrogen-bond acceptors (Lipinski definition) is 5. The summed E-state index contributed by atoms with van der Waals surface area (Å²) in [6, 6.07) is 15.9. The first-order valence-corrected chi connectivity index (χ1v) is 10.9. The van der Waals surface area contributed by atoms with Crippen molar-refractivity contribution in [2.24, 2.45) is 4.99 Å². The molecule has 0 heterocycles. The van der Waals surface area contributed by atoms with Gasteiger partial charge in [-0.2, -0.15) is 0 Å². The summed E-state index contributed by atoms with van der Waals surface area (Å²) in [5, 5.41) is 24.3. The van der Waals surface area contributed by atoms with Crippen LogP contribution < -0.4 is 5.32 Å². The highest BCUT2D eigenvalue weighted by Crippen LogP contribution is 2.37. The number of halogens is 2. The lowest BCUT2D eigenvalue weighted by molar-refractivity contribution is -0.110. The smallest absolute Gasteiger partial charge is 0.180 e. The first-order chi connectivity index (χ1) is 15.8. The van der Waals surface area contributed by atoms with Crippen LogP contribution >= 0.6 is 23.2 Å². The average Bonchev–Trinajstić information content (AvgIpc) is 2.76. The van der Waals surface area contributed by atoms with Gasteiger partial charge in [0.1, 0.15) is 11.5 Å². The number of benzene rings is 3. The van der Waals surface area contributed by atoms with E-state index in [9.17, 15) is 15.0 Å². The third-order valence-corrected chi connectivity index (χ3v) is 5.76. The Kier molecular flexibility index (Phi) is 6.54. The van der Waals surface area contributed by atoms with Crippen molar-refractivity contribution in [3.63, 3.8) is 0 Å². The van der Waals surface area contributed by atoms with E-state index >= 15 is 0 Å². The standard InChI is InChI=1S/C26H20Cl2N2O3/c1-15-2-5-18(6-3-15)29-25-14-26(33)17(10-16-4-7-19(31)12-21(16)27)11-24(25)30-23-9-8-20(32)13-22(23)28/h2-9,11-14,29,31,33H,10H2,1H3. The van der Waals surface area contributed by atoms with E-state index in [2.05, 4.69) is 10.3 Å². The van der Waals surface area contributed by atoms with Crippen LogP contribution in [0.15, 0.2) is 82.9 Å². The fraction of sp³-hybridized carbons (Fsp3) is 0.0769. The van der Waals surface area contributed by atoms with Crippen molar-refractivity contribution in [1.82, 2.24) is 0 Å². The Balaban J connectivity index is 1.78. The largest absolute Gasteiger partial charge is 0.508 e. The molecule has 7 heteroatoms. The Bertz CT molecular complexity index is 1330. The zero-order valence-electron chi connectivity index (χ0n) is 17.6. The summed E-state index contributed by atoms with van der Waals surface area (Å²) in [6.45, 7) is 2.00. The number of ketones is 1. The predicted octanol–water partition coefficient (Wildman–Crippen LogP) is 6.73. The summed E-state index contributed by atoms with van der Waals surface area (Å²) in [6.07, 6.45) is 4.59. The van der Waals surface area contributed by atoms with Crippen molar-refractivity contribution in [3.05, 3.63) is 99.6 Å². The normalized spacial score (nSPS) is 14.5. The number of nitrogens with zero attached hydrogens (tertiary/aromatic N) is 1. The number of aromatic hydroxyl groups is 2. The van der Waals surface area contributed by atoms with Crippen LogP contribution in [0.4, 0.5) is 17.1 Å². The molecule has 3 aromatic rings. The molecule has 0 saturated heterocycles. The quantitative estimate of drug-likeness (QED) is 0.355. The molecule has 4 rings (SSSR count). The lowest BCUT2D eigenvalue weighted by Gasteiger charge is -2.15. The van der Waals surface area contributed by atoms with Crippen LogP contribution in [0.2, 0.25) is 5.02 Å². The molecule has 0 aliphatic heterocycles. The van der Waals surface area contributed by atoms with E-state index in [1.807, 2.05) is 31.2 Å². The lowest BCUT2D eigenvalue weighted by atomic mass is 10.0. The molecule has 0 bridgehead atoms. The summed E-state index contributed by atoms with van der Waals surface area (Å²) in [5.74, 6) is -0.0724. The Labute approximate surface area is 201 Å². The van der Waals surface area contributed by atoms with Crippen molar-refractivity contribution in [2.45, 2.75) is 13.3 Å². The van der Waals surface area contributed by atoms with Gasteiger partial charge in [-0.1, -0.05) is 47.0 Å². The van der Waals surface area contributed by atoms with E-state index < -0.39 is 0 Å². The van der Waals surface area contributed by atoms with Crippen LogP contribution in [-0.4, -0.2) is 21.7 Å². The van der Waals surface area contributed by atoms with Crippen molar-refractivity contribution < 1.29 is 15.0 Å². The average molecular weight is 479 g/mol. The van der Waals surface area contributed by atoms with Gasteiger partial charge in [-0.3, -0.25) is 4.79 Å². The second kappa shape index (κ2) is 9.53. The third-order valence-electron chi connectivity index (χ3n) is 5.11. The van der Waals surface area contributed by atoms with Crippen molar-refractivity contribution >= 4 is 51.8 Å². The molecule has 0 unspecified atom stereocenters. The number of nitrogens with one attached hydrogen (secondary N) is 1. The van der Waals surface area contributed by atoms with E-state index in [0.717, 1.165) is 16.8 Å². The van der Waals surface area contributed by atoms with Crippen LogP contribution in [0.3, 0.4) is 0 Å². The Morgan fingerprint density at radius 2 is 1.70 bits per heavy atom. The molecular weight excluding hydrogens is 459 g/mol. The predicted molar refractivity (Wildman–Crippen MR) is 134 cm³/mol. The molecule has 0 atom stereocenters. The number of carbonyl (C=O) groups is 1. The molecule has 0 saturated carbocycles. The lowest BCUT2D eigenvalue weighted by Crippen LogP contribution is -2.04. The number of allylic oxidation sites excluding steroid dienone is 4. The summed E-state index contributed by atoms with van der Waals surface area (Å²) < 4.78 is 0. The summed E-state index contributed by atoms with van der Waals surface area (Å²) in [7, 11) is 0. The maximum Gasteiger partial charge on any atom is 0.180 e. The van der Waals surface area contributed by atoms with Crippen molar-refractivity contribution in [1.29, 1.82) is 0 Å². The summed E-state index contributed by atoms with van der Waals surface area (Å²) in [4.78, 5) is 16.2. The van der Waals surface area contributed by atoms with Crippen LogP contribution in [-0.2, 0) is 11.2 Å². The Hall–Kier alpha value is -3.54. The number of aryl methyl sites for hydroxylation is 1. The van der Waals surface area contributed by atoms with Crippen LogP contribution in [0, 0.1) is 6.92 Å². The monoisotopic (exact) mass is 478 g/mol. The van der Waals surface area contributed by atoms with Gasteiger partial charge in [-0.15, -0.1) is 0 Å². The molecule has 3 aromatic carbocycles. The van der Waals surface area contributed by atoms with Gasteiger partial charge >= 0.3 is 0 Å². The number of hydrogen-bond donors (Lipinski definition) is 3. The maximum atomic E-state index is 11.6. The van der Waals surface area contributed by atoms with Crippen LogP contribution in [0.5, 0.6) is 11.5 Å². The van der Waals surface area contributed by atoms with Gasteiger partial charge in [0.2, 0.25) is 0 Å². The van der Waals surface area contributed by atoms with Gasteiger partial charge < -0.3 is 15.5 Å². The minimum Gasteiger partial charge on any atom is -0.508 e. The number of aliphatic imine (C=N–C) groups is 1. The molecule has 0 aromatic heterocycles. The van der Waals surface area contributed by atoms with Crippen LogP contribution in [0.25, 0.3) is 0 Å². The van der Waals surface area contributed by atoms with Crippen molar-refractivity contribution in [3.8, 4) is 11.5 Å². The van der Waals surface area contributed by atoms with Gasteiger partial charge in [0.25, 0.3) is 0 Å². The molecule has 1 aliphatic carbocycles. The number of phenolic OH excluding ortho intramolecular Hbond substituents is 2. The fourth-order valence-electron chi connectivity index (χ4n) is 3.34. The molecule has 0 radical (unpaired) electrons. The van der Waals surface area contributed by atoms with Gasteiger partial charge in [0.05, 0.1) is 22.1 Å². The molecular formula is C26H20Cl2N2O3. The topological polar surface area (TPSA) is 81.9 Å². The van der Waals surface area contributed by atoms with E-state index in [0.29, 0.717) is 34.1 Å². The number of carbonyl (C=O) groups excluding carboxylic acids is 1. The number of anilines is 2. The number of rotatable bonds is 5. The highest BCUT2D eigenvalue weighted by molar-refractivity contribution is 6.48. The Morgan fingerprint density at radius 1 is 0.939 bits per heavy atom. The molecule has 1 aliphatic rings. The molecule has 33 heavy (non-hydrogen) atoms. The highest BCUT2D eigenvalue weighted by Gasteiger charge is 2.15. The van der Waals surface area contributed by atoms with E-state index in [1.165, 1.54) is 18.2 Å². The van der Waals surface area contributed by atoms with Gasteiger partial charge in [-0.05, 0) is 55.0 Å². The molecule has 0 spiro atoms. The number of phenols is 2. The molecule has 0 fully saturated rings. The van der Waals surface area contributed by atoms with E-state index in [1.54, 1.807) is 30.3 Å². The molecule has 3 N–H and O–H groups in total. The Morgan fingerprint density at radius 3 is 2.39 bits per heavy atom. The minimum absolute atomic E-state index is 0.0636. The highest BCUT2D eigenvalue weighted by atomic mass is 35.5. The molecule has 166 valence electrons. The zero-order valence-corrected chi connectivity index (χ0v) is 19.2. The third kappa shape index (κ3) is 5.45. The van der Waals surface area contributed by atoms with E-state index in [4.69, 9.17) is 23.2 Å². The first kappa shape index (κ1) is 22.6. The van der Waals surface area contributed by atoms with Crippen LogP contribution in [0.1, 0.15) is 16.7 Å².